The minimum Gasteiger partial charge on any atom is -0.444 e. The average Bonchev–Trinajstić information content (AvgIpc) is 3.46. The number of amides is 1. The normalized spacial score (nSPS) is 17.6. The molecule has 0 aliphatic heterocycles. The predicted octanol–water partition coefficient (Wildman–Crippen LogP) is 4.91. The molecule has 198 valence electrons. The highest BCUT2D eigenvalue weighted by atomic mass is 79.9. The number of hydrogen-bond donors (Lipinski definition) is 2. The third-order valence-corrected chi connectivity index (χ3v) is 6.33. The van der Waals surface area contributed by atoms with Crippen molar-refractivity contribution in [2.45, 2.75) is 59.1 Å². The van der Waals surface area contributed by atoms with Crippen molar-refractivity contribution in [1.29, 1.82) is 0 Å². The summed E-state index contributed by atoms with van der Waals surface area (Å²) >= 11 is 3.54. The quantitative estimate of drug-likeness (QED) is 0.259. The van der Waals surface area contributed by atoms with E-state index in [9.17, 15) is 4.79 Å². The number of fused-ring (bicyclic) bond motifs is 1. The van der Waals surface area contributed by atoms with Crippen LogP contribution in [0, 0.1) is 11.8 Å². The van der Waals surface area contributed by atoms with Crippen LogP contribution >= 0.6 is 15.9 Å². The zero-order chi connectivity index (χ0) is 26.4. The summed E-state index contributed by atoms with van der Waals surface area (Å²) in [7, 11) is 0. The van der Waals surface area contributed by atoms with Crippen LogP contribution in [0.2, 0.25) is 0 Å². The maximum Gasteiger partial charge on any atom is 0.407 e. The van der Waals surface area contributed by atoms with Crippen molar-refractivity contribution in [2.24, 2.45) is 11.8 Å². The average molecular weight is 573 g/mol. The first-order valence-corrected chi connectivity index (χ1v) is 13.6. The minimum absolute atomic E-state index is 0.393. The van der Waals surface area contributed by atoms with E-state index in [1.54, 1.807) is 17.1 Å². The van der Waals surface area contributed by atoms with Crippen LogP contribution in [0.25, 0.3) is 16.9 Å². The summed E-state index contributed by atoms with van der Waals surface area (Å²) in [5, 5.41) is 19.9. The summed E-state index contributed by atoms with van der Waals surface area (Å²) in [6, 6.07) is 0. The number of aromatic nitrogens is 7. The number of alkyl carbamates (subject to hydrolysis) is 1. The topological polar surface area (TPSA) is 125 Å². The van der Waals surface area contributed by atoms with Crippen molar-refractivity contribution in [1.82, 2.24) is 40.1 Å². The third kappa shape index (κ3) is 7.37. The molecule has 3 aromatic rings. The van der Waals surface area contributed by atoms with Gasteiger partial charge in [-0.15, -0.1) is 5.10 Å². The fraction of sp³-hybridized carbons (Fsp3) is 0.520. The van der Waals surface area contributed by atoms with Crippen molar-refractivity contribution >= 4 is 50.5 Å². The Morgan fingerprint density at radius 2 is 2.08 bits per heavy atom. The van der Waals surface area contributed by atoms with Gasteiger partial charge in [-0.25, -0.2) is 9.78 Å². The molecular weight excluding hydrogens is 538 g/mol. The Balaban J connectivity index is 1.32. The Morgan fingerprint density at radius 3 is 2.84 bits per heavy atom. The molecule has 3 heterocycles. The van der Waals surface area contributed by atoms with E-state index >= 15 is 0 Å². The summed E-state index contributed by atoms with van der Waals surface area (Å²) in [5.41, 5.74) is 2.52. The molecule has 11 nitrogen and oxygen atoms in total. The lowest BCUT2D eigenvalue weighted by atomic mass is 9.87. The van der Waals surface area contributed by atoms with Crippen molar-refractivity contribution in [3.63, 3.8) is 0 Å². The standard InChI is InChI=1S/C25H34BrN9O2/c1-17-13-20(8-7-18(17)9-10-26)35-22-21(32-33-35)15-28-23(31-22)30-19-14-29-34(16-19)12-6-5-11-27-24(36)37-25(2,3)4/h7-8,13-18H,5-6,9-12H2,1-4H3,(H,27,36)(H,28,30,31). The van der Waals surface area contributed by atoms with Gasteiger partial charge in [-0.2, -0.15) is 14.8 Å². The van der Waals surface area contributed by atoms with Crippen molar-refractivity contribution in [2.75, 3.05) is 17.2 Å². The second-order valence-electron chi connectivity index (χ2n) is 10.1. The van der Waals surface area contributed by atoms with Gasteiger partial charge in [0.25, 0.3) is 0 Å². The first kappa shape index (κ1) is 26.8. The van der Waals surface area contributed by atoms with Gasteiger partial charge >= 0.3 is 6.09 Å². The van der Waals surface area contributed by atoms with Crippen LogP contribution in [-0.4, -0.2) is 58.3 Å². The van der Waals surface area contributed by atoms with E-state index in [-0.39, 0.29) is 0 Å². The number of unbranched alkanes of at least 4 members (excludes halogenated alkanes) is 1. The third-order valence-electron chi connectivity index (χ3n) is 5.87. The predicted molar refractivity (Wildman–Crippen MR) is 147 cm³/mol. The monoisotopic (exact) mass is 571 g/mol. The molecular formula is C25H34BrN9O2. The second kappa shape index (κ2) is 11.8. The van der Waals surface area contributed by atoms with E-state index in [1.807, 2.05) is 31.6 Å². The van der Waals surface area contributed by atoms with E-state index in [2.05, 4.69) is 77.1 Å². The molecule has 1 aliphatic carbocycles. The summed E-state index contributed by atoms with van der Waals surface area (Å²) in [6.07, 6.45) is 14.2. The molecule has 0 saturated heterocycles. The number of ether oxygens (including phenoxy) is 1. The number of rotatable bonds is 10. The van der Waals surface area contributed by atoms with Gasteiger partial charge in [0.15, 0.2) is 11.2 Å². The van der Waals surface area contributed by atoms with Gasteiger partial charge in [-0.1, -0.05) is 40.2 Å². The van der Waals surface area contributed by atoms with Crippen LogP contribution in [0.3, 0.4) is 0 Å². The van der Waals surface area contributed by atoms with Gasteiger partial charge in [-0.3, -0.25) is 4.68 Å². The lowest BCUT2D eigenvalue weighted by molar-refractivity contribution is 0.0527. The SMILES string of the molecule is CC1C=C(n2nnc3cnc(Nc4cnn(CCCCNC(=O)OC(C)(C)C)c4)nc32)C=CC1CCBr. The molecule has 0 bridgehead atoms. The largest absolute Gasteiger partial charge is 0.444 e. The van der Waals surface area contributed by atoms with Crippen LogP contribution in [0.5, 0.6) is 0 Å². The molecule has 0 saturated carbocycles. The highest BCUT2D eigenvalue weighted by molar-refractivity contribution is 9.09. The number of hydrogen-bond acceptors (Lipinski definition) is 8. The Labute approximate surface area is 224 Å². The number of anilines is 2. The molecule has 12 heteroatoms. The second-order valence-corrected chi connectivity index (χ2v) is 10.9. The van der Waals surface area contributed by atoms with Crippen LogP contribution in [0.4, 0.5) is 16.4 Å². The maximum absolute atomic E-state index is 11.7. The van der Waals surface area contributed by atoms with Gasteiger partial charge in [0.1, 0.15) is 5.60 Å². The van der Waals surface area contributed by atoms with Crippen molar-refractivity contribution < 1.29 is 9.53 Å². The smallest absolute Gasteiger partial charge is 0.407 e. The summed E-state index contributed by atoms with van der Waals surface area (Å²) in [6.45, 7) is 9.03. The van der Waals surface area contributed by atoms with Crippen molar-refractivity contribution in [3.05, 3.63) is 36.8 Å². The molecule has 2 atom stereocenters. The molecule has 0 spiro atoms. The molecule has 2 unspecified atom stereocenters. The van der Waals surface area contributed by atoms with E-state index in [0.717, 1.165) is 42.5 Å². The number of carbonyl (C=O) groups excluding carboxylic acids is 1. The number of nitrogens with one attached hydrogen (secondary N) is 2. The summed E-state index contributed by atoms with van der Waals surface area (Å²) < 4.78 is 8.85. The Bertz CT molecular complexity index is 1270. The van der Waals surface area contributed by atoms with Gasteiger partial charge in [0.2, 0.25) is 5.95 Å². The van der Waals surface area contributed by atoms with E-state index in [4.69, 9.17) is 4.74 Å². The molecule has 3 aromatic heterocycles. The number of nitrogens with zero attached hydrogens (tertiary/aromatic N) is 7. The molecule has 0 radical (unpaired) electrons. The lowest BCUT2D eigenvalue weighted by Gasteiger charge is -2.22. The molecule has 0 fully saturated rings. The first-order chi connectivity index (χ1) is 17.7. The van der Waals surface area contributed by atoms with Crippen LogP contribution < -0.4 is 10.6 Å². The number of alkyl halides is 1. The minimum atomic E-state index is -0.494. The van der Waals surface area contributed by atoms with Gasteiger partial charge in [-0.05, 0) is 57.9 Å². The van der Waals surface area contributed by atoms with E-state index in [0.29, 0.717) is 35.5 Å². The fourth-order valence-electron chi connectivity index (χ4n) is 4.02. The van der Waals surface area contributed by atoms with Gasteiger partial charge in [0.05, 0.1) is 23.8 Å². The fourth-order valence-corrected chi connectivity index (χ4v) is 4.55. The Morgan fingerprint density at radius 1 is 1.24 bits per heavy atom. The Hall–Kier alpha value is -3.28. The maximum atomic E-state index is 11.7. The highest BCUT2D eigenvalue weighted by Gasteiger charge is 2.20. The van der Waals surface area contributed by atoms with E-state index < -0.39 is 11.7 Å². The summed E-state index contributed by atoms with van der Waals surface area (Å²) in [5.74, 6) is 1.35. The van der Waals surface area contributed by atoms with Gasteiger partial charge < -0.3 is 15.4 Å². The van der Waals surface area contributed by atoms with Gasteiger partial charge in [0, 0.05) is 24.6 Å². The van der Waals surface area contributed by atoms with Crippen LogP contribution in [0.15, 0.2) is 36.8 Å². The zero-order valence-electron chi connectivity index (χ0n) is 21.7. The van der Waals surface area contributed by atoms with Crippen LogP contribution in [-0.2, 0) is 11.3 Å². The molecule has 4 rings (SSSR count). The first-order valence-electron chi connectivity index (χ1n) is 12.5. The summed E-state index contributed by atoms with van der Waals surface area (Å²) in [4.78, 5) is 20.8. The number of allylic oxidation sites excluding steroid dienone is 4. The molecule has 1 aliphatic rings. The number of carbonyl (C=O) groups is 1. The zero-order valence-corrected chi connectivity index (χ0v) is 23.3. The highest BCUT2D eigenvalue weighted by Crippen LogP contribution is 2.29. The van der Waals surface area contributed by atoms with Crippen LogP contribution in [0.1, 0.15) is 47.0 Å². The lowest BCUT2D eigenvalue weighted by Crippen LogP contribution is -2.33. The number of aryl methyl sites for hydroxylation is 1. The molecule has 2 N–H and O–H groups in total. The Kier molecular flexibility index (Phi) is 8.57. The number of halogens is 1. The molecule has 0 aromatic carbocycles. The van der Waals surface area contributed by atoms with E-state index in [1.165, 1.54) is 0 Å². The molecule has 1 amide bonds. The van der Waals surface area contributed by atoms with Crippen molar-refractivity contribution in [3.8, 4) is 0 Å². The molecule has 37 heavy (non-hydrogen) atoms.